The lowest BCUT2D eigenvalue weighted by Gasteiger charge is -2.26. The molecule has 16 heteroatoms. The fourth-order valence-corrected chi connectivity index (χ4v) is 4.50. The van der Waals surface area contributed by atoms with E-state index in [-0.39, 0.29) is 32.0 Å². The predicted octanol–water partition coefficient (Wildman–Crippen LogP) is 7.66. The zero-order chi connectivity index (χ0) is 29.5. The SMILES string of the molecule is Fc1ccc(F)c(-c2ccc(C(F)(F)F)cc2CN(Cc2cc(C(F)(F)F)cc(C(F)(F)F)c2)C2=NNPN2)c1. The van der Waals surface area contributed by atoms with E-state index in [9.17, 15) is 48.3 Å². The highest BCUT2D eigenvalue weighted by atomic mass is 31.1. The number of nitrogens with zero attached hydrogens (tertiary/aromatic N) is 2. The van der Waals surface area contributed by atoms with E-state index in [1.54, 1.807) is 0 Å². The third-order valence-electron chi connectivity index (χ3n) is 5.72. The summed E-state index contributed by atoms with van der Waals surface area (Å²) in [4.78, 5) is 1.08. The molecule has 1 aliphatic rings. The third kappa shape index (κ3) is 6.75. The summed E-state index contributed by atoms with van der Waals surface area (Å²) in [5.41, 5.74) is -5.63. The molecular weight excluding hydrogens is 584 g/mol. The number of hydrazone groups is 1. The Labute approximate surface area is 220 Å². The molecule has 0 saturated heterocycles. The number of hydrogen-bond donors (Lipinski definition) is 2. The van der Waals surface area contributed by atoms with E-state index < -0.39 is 71.1 Å². The number of alkyl halides is 9. The standard InChI is InChI=1S/C24H16F11N4P/c25-17-2-4-20(26)19(9-17)18-3-1-14(22(27,28)29)7-13(18)11-39(21-36-38-40-37-21)10-12-5-15(23(30,31)32)8-16(6-12)24(33,34)35/h1-9,38,40H,10-11H2,(H,36,37). The summed E-state index contributed by atoms with van der Waals surface area (Å²) in [6.45, 7) is -1.27. The van der Waals surface area contributed by atoms with Crippen LogP contribution in [0.5, 0.6) is 0 Å². The van der Waals surface area contributed by atoms with Crippen molar-refractivity contribution in [1.29, 1.82) is 0 Å². The van der Waals surface area contributed by atoms with Crippen LogP contribution in [0.15, 0.2) is 59.7 Å². The van der Waals surface area contributed by atoms with Gasteiger partial charge in [0.25, 0.3) is 0 Å². The molecule has 3 aromatic carbocycles. The highest BCUT2D eigenvalue weighted by molar-refractivity contribution is 7.34. The summed E-state index contributed by atoms with van der Waals surface area (Å²) < 4.78 is 149. The molecule has 0 spiro atoms. The second kappa shape index (κ2) is 10.8. The first kappa shape index (κ1) is 29.4. The second-order valence-electron chi connectivity index (χ2n) is 8.56. The van der Waals surface area contributed by atoms with Gasteiger partial charge in [0, 0.05) is 18.7 Å². The van der Waals surface area contributed by atoms with Gasteiger partial charge in [-0.3, -0.25) is 5.20 Å². The first-order chi connectivity index (χ1) is 18.5. The van der Waals surface area contributed by atoms with Crippen molar-refractivity contribution in [2.75, 3.05) is 0 Å². The predicted molar refractivity (Wildman–Crippen MR) is 125 cm³/mol. The van der Waals surface area contributed by atoms with Crippen LogP contribution in [0.2, 0.25) is 0 Å². The van der Waals surface area contributed by atoms with Crippen molar-refractivity contribution in [2.24, 2.45) is 5.10 Å². The lowest BCUT2D eigenvalue weighted by atomic mass is 9.96. The van der Waals surface area contributed by atoms with Gasteiger partial charge in [-0.1, -0.05) is 6.07 Å². The normalized spacial score (nSPS) is 14.6. The van der Waals surface area contributed by atoms with E-state index in [1.807, 2.05) is 0 Å². The number of guanidine groups is 1. The Morgan fingerprint density at radius 1 is 0.675 bits per heavy atom. The molecule has 214 valence electrons. The smallest absolute Gasteiger partial charge is 0.333 e. The minimum atomic E-state index is -5.13. The van der Waals surface area contributed by atoms with Crippen LogP contribution in [0.1, 0.15) is 27.8 Å². The van der Waals surface area contributed by atoms with E-state index in [0.717, 1.165) is 29.2 Å². The zero-order valence-electron chi connectivity index (χ0n) is 19.7. The Hall–Kier alpha value is -3.61. The molecule has 40 heavy (non-hydrogen) atoms. The first-order valence-corrected chi connectivity index (χ1v) is 12.0. The summed E-state index contributed by atoms with van der Waals surface area (Å²) >= 11 is 0. The molecular formula is C24H16F11N4P. The molecule has 0 saturated carbocycles. The molecule has 0 bridgehead atoms. The average Bonchev–Trinajstić information content (AvgIpc) is 3.38. The second-order valence-corrected chi connectivity index (χ2v) is 9.28. The summed E-state index contributed by atoms with van der Waals surface area (Å²) in [5.74, 6) is -1.97. The first-order valence-electron chi connectivity index (χ1n) is 11.0. The van der Waals surface area contributed by atoms with Crippen molar-refractivity contribution >= 4 is 14.8 Å². The van der Waals surface area contributed by atoms with E-state index in [4.69, 9.17) is 0 Å². The lowest BCUT2D eigenvalue weighted by Crippen LogP contribution is -2.35. The van der Waals surface area contributed by atoms with Gasteiger partial charge in [0.2, 0.25) is 5.96 Å². The van der Waals surface area contributed by atoms with Gasteiger partial charge in [-0.15, -0.1) is 5.10 Å². The average molecular weight is 600 g/mol. The van der Waals surface area contributed by atoms with Gasteiger partial charge in [0.05, 0.1) is 25.6 Å². The van der Waals surface area contributed by atoms with Gasteiger partial charge in [-0.25, -0.2) is 8.78 Å². The molecule has 0 radical (unpaired) electrons. The summed E-state index contributed by atoms with van der Waals surface area (Å²) in [5, 5.41) is 9.08. The molecule has 1 atom stereocenters. The van der Waals surface area contributed by atoms with E-state index in [2.05, 4.69) is 15.4 Å². The fourth-order valence-electron chi connectivity index (χ4n) is 3.95. The summed E-state index contributed by atoms with van der Waals surface area (Å²) in [7, 11) is -0.260. The number of benzene rings is 3. The zero-order valence-corrected chi connectivity index (χ0v) is 20.7. The quantitative estimate of drug-likeness (QED) is 0.234. The maximum Gasteiger partial charge on any atom is 0.416 e. The van der Waals surface area contributed by atoms with Gasteiger partial charge in [-0.05, 0) is 65.2 Å². The molecule has 1 aliphatic heterocycles. The molecule has 3 aromatic rings. The third-order valence-corrected chi connectivity index (χ3v) is 6.30. The molecule has 1 unspecified atom stereocenters. The van der Waals surface area contributed by atoms with Gasteiger partial charge in [0.1, 0.15) is 11.6 Å². The van der Waals surface area contributed by atoms with Crippen LogP contribution >= 0.6 is 8.88 Å². The van der Waals surface area contributed by atoms with Crippen LogP contribution in [-0.2, 0) is 31.6 Å². The van der Waals surface area contributed by atoms with Gasteiger partial charge >= 0.3 is 18.5 Å². The van der Waals surface area contributed by atoms with Crippen LogP contribution < -0.4 is 10.3 Å². The summed E-state index contributed by atoms with van der Waals surface area (Å²) in [6, 6.07) is 5.41. The number of hydrogen-bond acceptors (Lipinski definition) is 4. The number of nitrogens with one attached hydrogen (secondary N) is 2. The number of halogens is 11. The fraction of sp³-hybridized carbons (Fsp3) is 0.208. The van der Waals surface area contributed by atoms with Crippen molar-refractivity contribution in [3.63, 3.8) is 0 Å². The van der Waals surface area contributed by atoms with Crippen molar-refractivity contribution < 1.29 is 48.3 Å². The molecule has 1 heterocycles. The van der Waals surface area contributed by atoms with Crippen molar-refractivity contribution in [3.8, 4) is 11.1 Å². The number of rotatable bonds is 5. The van der Waals surface area contributed by atoms with E-state index in [0.29, 0.717) is 24.3 Å². The monoisotopic (exact) mass is 600 g/mol. The van der Waals surface area contributed by atoms with Gasteiger partial charge in [-0.2, -0.15) is 39.5 Å². The highest BCUT2D eigenvalue weighted by Gasteiger charge is 2.37. The minimum absolute atomic E-state index is 0.0558. The molecule has 0 aromatic heterocycles. The molecule has 0 aliphatic carbocycles. The maximum atomic E-state index is 14.6. The van der Waals surface area contributed by atoms with Crippen LogP contribution in [-0.4, -0.2) is 10.9 Å². The highest BCUT2D eigenvalue weighted by Crippen LogP contribution is 2.38. The molecule has 2 N–H and O–H groups in total. The molecule has 0 fully saturated rings. The van der Waals surface area contributed by atoms with Crippen LogP contribution in [0.25, 0.3) is 11.1 Å². The van der Waals surface area contributed by atoms with Gasteiger partial charge < -0.3 is 9.99 Å². The van der Waals surface area contributed by atoms with E-state index in [1.165, 1.54) is 0 Å². The molecule has 4 nitrogen and oxygen atoms in total. The van der Waals surface area contributed by atoms with Crippen molar-refractivity contribution in [1.82, 2.24) is 15.2 Å². The van der Waals surface area contributed by atoms with Crippen LogP contribution in [0, 0.1) is 11.6 Å². The van der Waals surface area contributed by atoms with E-state index >= 15 is 0 Å². The largest absolute Gasteiger partial charge is 0.416 e. The van der Waals surface area contributed by atoms with Crippen LogP contribution in [0.3, 0.4) is 0 Å². The topological polar surface area (TPSA) is 39.7 Å². The van der Waals surface area contributed by atoms with Gasteiger partial charge in [0.15, 0.2) is 0 Å². The van der Waals surface area contributed by atoms with Crippen molar-refractivity contribution in [3.05, 3.63) is 94.0 Å². The molecule has 0 amide bonds. The molecule has 4 rings (SSSR count). The Balaban J connectivity index is 1.83. The minimum Gasteiger partial charge on any atom is -0.333 e. The van der Waals surface area contributed by atoms with Crippen molar-refractivity contribution in [2.45, 2.75) is 31.6 Å². The Morgan fingerprint density at radius 2 is 1.30 bits per heavy atom. The Morgan fingerprint density at radius 3 is 1.85 bits per heavy atom. The Kier molecular flexibility index (Phi) is 7.90. The Bertz CT molecular complexity index is 1400. The van der Waals surface area contributed by atoms with Crippen LogP contribution in [0.4, 0.5) is 48.3 Å². The maximum absolute atomic E-state index is 14.6. The summed E-state index contributed by atoms with van der Waals surface area (Å²) in [6.07, 6.45) is -15.1. The lowest BCUT2D eigenvalue weighted by molar-refractivity contribution is -0.143.